The molecule has 518 valence electrons. The molecular formula is C66H105ClF3N11O11. The van der Waals surface area contributed by atoms with Gasteiger partial charge in [-0.1, -0.05) is 104 Å². The average molecular weight is 1320 g/mol. The molecule has 5 rings (SSSR count). The molecule has 0 bridgehead atoms. The molecule has 92 heavy (non-hydrogen) atoms. The van der Waals surface area contributed by atoms with E-state index in [1.54, 1.807) is 27.7 Å². The third-order valence-electron chi connectivity index (χ3n) is 20.6. The second-order valence-electron chi connectivity index (χ2n) is 27.5. The van der Waals surface area contributed by atoms with Crippen LogP contribution in [0.4, 0.5) is 13.2 Å². The number of hydrogen-bond donors (Lipinski definition) is 3. The van der Waals surface area contributed by atoms with Crippen molar-refractivity contribution in [1.82, 2.24) is 54.7 Å². The number of rotatable bonds is 10. The Hall–Kier alpha value is -6.08. The number of nitrogens with zero attached hydrogens (tertiary/aromatic N) is 9. The maximum absolute atomic E-state index is 14.9. The van der Waals surface area contributed by atoms with Crippen LogP contribution in [-0.4, -0.2) is 243 Å². The van der Waals surface area contributed by atoms with Gasteiger partial charge in [-0.25, -0.2) is 0 Å². The number of aryl methyl sites for hydroxylation is 1. The third kappa shape index (κ3) is 17.6. The van der Waals surface area contributed by atoms with Gasteiger partial charge in [0.05, 0.1) is 29.2 Å². The van der Waals surface area contributed by atoms with E-state index < -0.39 is 166 Å². The summed E-state index contributed by atoms with van der Waals surface area (Å²) in [5, 5.41) is 17.7. The molecule has 0 spiro atoms. The number of alkyl halides is 3. The lowest BCUT2D eigenvalue weighted by Crippen LogP contribution is -2.65. The van der Waals surface area contributed by atoms with Crippen molar-refractivity contribution in [3.63, 3.8) is 0 Å². The lowest BCUT2D eigenvalue weighted by Gasteiger charge is -2.45. The van der Waals surface area contributed by atoms with Gasteiger partial charge in [-0.2, -0.15) is 13.2 Å². The summed E-state index contributed by atoms with van der Waals surface area (Å²) in [4.78, 5) is 159. The van der Waals surface area contributed by atoms with Gasteiger partial charge >= 0.3 is 6.18 Å². The van der Waals surface area contributed by atoms with Crippen LogP contribution in [0.5, 0.6) is 0 Å². The van der Waals surface area contributed by atoms with Gasteiger partial charge in [0.15, 0.2) is 0 Å². The van der Waals surface area contributed by atoms with Gasteiger partial charge < -0.3 is 54.9 Å². The highest BCUT2D eigenvalue weighted by Crippen LogP contribution is 2.36. The molecule has 26 heteroatoms. The number of aliphatic hydroxyl groups is 1. The van der Waals surface area contributed by atoms with Gasteiger partial charge in [-0.15, -0.1) is 0 Å². The molecule has 3 N–H and O–H groups in total. The van der Waals surface area contributed by atoms with Crippen molar-refractivity contribution in [2.45, 2.75) is 231 Å². The fourth-order valence-corrected chi connectivity index (χ4v) is 13.7. The Bertz CT molecular complexity index is 2820. The van der Waals surface area contributed by atoms with E-state index in [2.05, 4.69) is 10.6 Å². The van der Waals surface area contributed by atoms with Crippen molar-refractivity contribution >= 4 is 70.7 Å². The van der Waals surface area contributed by atoms with Crippen LogP contribution >= 0.6 is 11.6 Å². The summed E-state index contributed by atoms with van der Waals surface area (Å²) in [6, 6.07) is -6.32. The van der Waals surface area contributed by atoms with Crippen LogP contribution in [0.25, 0.3) is 0 Å². The van der Waals surface area contributed by atoms with Crippen molar-refractivity contribution in [2.75, 3.05) is 69.0 Å². The van der Waals surface area contributed by atoms with Crippen LogP contribution in [-0.2, 0) is 60.5 Å². The van der Waals surface area contributed by atoms with E-state index in [4.69, 9.17) is 11.6 Å². The first kappa shape index (κ1) is 76.6. The number of aliphatic hydroxyl groups excluding tert-OH is 1. The molecule has 1 saturated carbocycles. The Morgan fingerprint density at radius 2 is 1.29 bits per heavy atom. The first-order chi connectivity index (χ1) is 42.8. The summed E-state index contributed by atoms with van der Waals surface area (Å²) in [6.07, 6.45) is -0.189. The van der Waals surface area contributed by atoms with Crippen LogP contribution in [0.3, 0.4) is 0 Å². The van der Waals surface area contributed by atoms with Crippen molar-refractivity contribution < 1.29 is 66.2 Å². The van der Waals surface area contributed by atoms with Crippen LogP contribution in [0.2, 0.25) is 5.02 Å². The van der Waals surface area contributed by atoms with Gasteiger partial charge in [-0.3, -0.25) is 52.8 Å². The van der Waals surface area contributed by atoms with E-state index in [0.29, 0.717) is 24.8 Å². The zero-order valence-electron chi connectivity index (χ0n) is 57.4. The molecule has 1 aromatic carbocycles. The number of benzene rings is 1. The molecule has 3 heterocycles. The zero-order valence-corrected chi connectivity index (χ0v) is 58.2. The predicted octanol–water partition coefficient (Wildman–Crippen LogP) is 5.64. The highest BCUT2D eigenvalue weighted by atomic mass is 35.5. The fraction of sp³-hybridized carbons (Fsp3) is 0.758. The molecule has 22 nitrogen and oxygen atoms in total. The Morgan fingerprint density at radius 1 is 0.674 bits per heavy atom. The molecule has 10 amide bonds. The van der Waals surface area contributed by atoms with Crippen LogP contribution in [0, 0.1) is 23.7 Å². The number of hydrogen-bond acceptors (Lipinski definition) is 12. The lowest BCUT2D eigenvalue weighted by molar-refractivity contribution is -0.160. The summed E-state index contributed by atoms with van der Waals surface area (Å²) >= 11 is 6.14. The zero-order chi connectivity index (χ0) is 69.3. The second kappa shape index (κ2) is 32.4. The maximum atomic E-state index is 14.9. The third-order valence-corrected chi connectivity index (χ3v) is 20.9. The number of carbonyl (C=O) groups excluding carboxylic acids is 10. The molecule has 0 radical (unpaired) electrons. The van der Waals surface area contributed by atoms with Crippen molar-refractivity contribution in [3.05, 3.63) is 34.3 Å². The Morgan fingerprint density at radius 3 is 1.85 bits per heavy atom. The van der Waals surface area contributed by atoms with E-state index >= 15 is 0 Å². The highest BCUT2D eigenvalue weighted by molar-refractivity contribution is 6.31. The van der Waals surface area contributed by atoms with Gasteiger partial charge in [0.2, 0.25) is 59.1 Å². The number of likely N-dealkylation sites (N-methyl/N-ethyl adjacent to an activating group) is 7. The molecule has 4 aliphatic rings. The molecule has 4 fully saturated rings. The quantitative estimate of drug-likeness (QED) is 0.258. The molecule has 1 unspecified atom stereocenters. The van der Waals surface area contributed by atoms with Crippen molar-refractivity contribution in [2.24, 2.45) is 23.7 Å². The van der Waals surface area contributed by atoms with Crippen molar-refractivity contribution in [3.8, 4) is 0 Å². The predicted molar refractivity (Wildman–Crippen MR) is 343 cm³/mol. The van der Waals surface area contributed by atoms with Gasteiger partial charge in [0.1, 0.15) is 48.0 Å². The maximum Gasteiger partial charge on any atom is 0.417 e. The highest BCUT2D eigenvalue weighted by Gasteiger charge is 2.49. The smallest absolute Gasteiger partial charge is 0.376 e. The Kier molecular flexibility index (Phi) is 27.0. The first-order valence-corrected chi connectivity index (χ1v) is 33.3. The van der Waals surface area contributed by atoms with Gasteiger partial charge in [0.25, 0.3) is 0 Å². The standard InChI is InChI=1S/C66H105ClF3N11O11/c1-18-39(5)53-62(90)75(13)42(8)57(85)81-33-31-49(81)60(88)76(14)50(36-43-24-21-20-22-25-43)59(87)73(11)37-51(82)71-47(30-28-44-27-29-45(46(67)35-44)66(68,69)70)58(86)80-32-23-26-48(80)61(89)79(17)65(9,10)64(92)78(16)54(38(3)4)63(91)74(12)41(7)34-52(83)77(15)55(40(6)19-2)56(84)72-53/h27,29,35,38-43,47-50,53-55,58,86H,18-26,28,30-34,36-37H2,1-17H3,(H,71,82)(H,72,84)/t39-,40-,41+,42-,47-,48-,49-,50-,53-,54-,55-,58?/m0/s1. The second-order valence-corrected chi connectivity index (χ2v) is 27.9. The average Bonchev–Trinajstić information content (AvgIpc) is 1.07. The lowest BCUT2D eigenvalue weighted by atomic mass is 9.84. The van der Waals surface area contributed by atoms with E-state index in [1.807, 2.05) is 20.8 Å². The Balaban J connectivity index is 1.58. The van der Waals surface area contributed by atoms with Crippen LogP contribution < -0.4 is 10.6 Å². The molecule has 1 aromatic rings. The Labute approximate surface area is 547 Å². The molecular weight excluding hydrogens is 1220 g/mol. The van der Waals surface area contributed by atoms with E-state index in [-0.39, 0.29) is 57.5 Å². The van der Waals surface area contributed by atoms with Crippen molar-refractivity contribution in [1.29, 1.82) is 0 Å². The molecule has 3 saturated heterocycles. The minimum atomic E-state index is -4.73. The number of carbonyl (C=O) groups is 10. The number of halogens is 4. The number of amides is 10. The number of fused-ring (bicyclic) bond motifs is 2. The SMILES string of the molecule is CC[C@H](C)[C@@H]1NC(=O)[C@H]([C@@H](C)CC)N(C)C(=O)C[C@@H](C)N(C)C(=O)[C@H](C(C)C)N(C)C(=O)C(C)(C)N(C)C(=O)[C@@H]2CCCN2C(O)[C@H](CCc2ccc(C(F)(F)F)c(Cl)c2)NC(=O)CN(C)C(=O)[C@H](CC2CCCCC2)N(C)C(=O)[C@@H]2CCN2C(=O)[C@H](C)N(C)C1=O. The minimum absolute atomic E-state index is 0.0101. The monoisotopic (exact) mass is 1320 g/mol. The summed E-state index contributed by atoms with van der Waals surface area (Å²) in [5.41, 5.74) is -2.32. The van der Waals surface area contributed by atoms with Crippen LogP contribution in [0.1, 0.15) is 164 Å². The summed E-state index contributed by atoms with van der Waals surface area (Å²) in [7, 11) is 10.3. The minimum Gasteiger partial charge on any atom is -0.376 e. The molecule has 3 aliphatic heterocycles. The van der Waals surface area contributed by atoms with Gasteiger partial charge in [0, 0.05) is 74.9 Å². The summed E-state index contributed by atoms with van der Waals surface area (Å²) in [5.74, 6) is -6.99. The topological polar surface area (TPSA) is 244 Å². The van der Waals surface area contributed by atoms with Gasteiger partial charge in [-0.05, 0) is 108 Å². The van der Waals surface area contributed by atoms with E-state index in [0.717, 1.165) is 44.2 Å². The fourth-order valence-electron chi connectivity index (χ4n) is 13.4. The number of nitrogens with one attached hydrogen (secondary N) is 2. The molecule has 0 aromatic heterocycles. The van der Waals surface area contributed by atoms with E-state index in [1.165, 1.54) is 120 Å². The molecule has 1 aliphatic carbocycles. The van der Waals surface area contributed by atoms with E-state index in [9.17, 15) is 66.2 Å². The molecule has 12 atom stereocenters. The summed E-state index contributed by atoms with van der Waals surface area (Å²) in [6.45, 7) is 16.9. The first-order valence-electron chi connectivity index (χ1n) is 32.9. The normalized spacial score (nSPS) is 28.9. The largest absolute Gasteiger partial charge is 0.417 e. The summed E-state index contributed by atoms with van der Waals surface area (Å²) < 4.78 is 41.4. The van der Waals surface area contributed by atoms with Crippen LogP contribution in [0.15, 0.2) is 18.2 Å².